The lowest BCUT2D eigenvalue weighted by Gasteiger charge is -2.22. The van der Waals surface area contributed by atoms with E-state index in [1.807, 2.05) is 6.07 Å². The number of benzene rings is 2. The summed E-state index contributed by atoms with van der Waals surface area (Å²) in [4.78, 5) is 40.7. The van der Waals surface area contributed by atoms with Gasteiger partial charge in [-0.2, -0.15) is 4.68 Å². The van der Waals surface area contributed by atoms with Gasteiger partial charge in [0.2, 0.25) is 0 Å². The Kier molecular flexibility index (Phi) is 7.63. The normalized spacial score (nSPS) is 14.7. The topological polar surface area (TPSA) is 194 Å². The molecule has 3 N–H and O–H groups in total. The van der Waals surface area contributed by atoms with Crippen LogP contribution in [0, 0.1) is 0 Å². The SMILES string of the molecule is COC(CN(C(=O)O)c1ccc(-c2nnc([C@@H]3CCc4cc(-c5cc(Cl)ccc5-n5cnnn5)cc(=O)n43)[nH]2)cc1)C(=O)O. The maximum absolute atomic E-state index is 13.5. The van der Waals surface area contributed by atoms with Gasteiger partial charge in [0.25, 0.3) is 5.56 Å². The van der Waals surface area contributed by atoms with Crippen LogP contribution < -0.4 is 10.5 Å². The van der Waals surface area contributed by atoms with E-state index in [4.69, 9.17) is 16.3 Å². The van der Waals surface area contributed by atoms with Crippen LogP contribution in [0.5, 0.6) is 0 Å². The molecule has 15 nitrogen and oxygen atoms in total. The highest BCUT2D eigenvalue weighted by Crippen LogP contribution is 2.34. The predicted molar refractivity (Wildman–Crippen MR) is 156 cm³/mol. The first-order chi connectivity index (χ1) is 21.2. The zero-order chi connectivity index (χ0) is 31.0. The first-order valence-electron chi connectivity index (χ1n) is 13.3. The molecule has 2 aromatic carbocycles. The molecule has 0 saturated carbocycles. The molecule has 0 fully saturated rings. The number of amides is 1. The first-order valence-corrected chi connectivity index (χ1v) is 13.7. The third kappa shape index (κ3) is 5.41. The van der Waals surface area contributed by atoms with E-state index in [1.165, 1.54) is 30.3 Å². The summed E-state index contributed by atoms with van der Waals surface area (Å²) in [6.07, 6.45) is 0.0762. The molecule has 1 amide bonds. The second kappa shape index (κ2) is 11.7. The molecule has 0 aliphatic carbocycles. The summed E-state index contributed by atoms with van der Waals surface area (Å²) in [6.45, 7) is -0.388. The van der Waals surface area contributed by atoms with E-state index in [0.717, 1.165) is 10.6 Å². The molecule has 16 heteroatoms. The largest absolute Gasteiger partial charge is 0.479 e. The third-order valence-electron chi connectivity index (χ3n) is 7.41. The van der Waals surface area contributed by atoms with E-state index < -0.39 is 18.2 Å². The monoisotopic (exact) mass is 617 g/mol. The van der Waals surface area contributed by atoms with Crippen molar-refractivity contribution in [3.63, 3.8) is 0 Å². The summed E-state index contributed by atoms with van der Waals surface area (Å²) in [5, 5.41) is 39.3. The van der Waals surface area contributed by atoms with Gasteiger partial charge in [0, 0.05) is 40.7 Å². The van der Waals surface area contributed by atoms with Crippen molar-refractivity contribution in [2.45, 2.75) is 25.0 Å². The van der Waals surface area contributed by atoms with Gasteiger partial charge in [-0.25, -0.2) is 9.59 Å². The molecular weight excluding hydrogens is 594 g/mol. The average molecular weight is 618 g/mol. The Morgan fingerprint density at radius 1 is 1.11 bits per heavy atom. The second-order valence-electron chi connectivity index (χ2n) is 9.98. The number of tetrazole rings is 1. The molecule has 0 saturated heterocycles. The number of halogens is 1. The number of hydrogen-bond donors (Lipinski definition) is 3. The van der Waals surface area contributed by atoms with Crippen LogP contribution in [-0.2, 0) is 16.0 Å². The van der Waals surface area contributed by atoms with Crippen molar-refractivity contribution in [1.29, 1.82) is 0 Å². The van der Waals surface area contributed by atoms with Crippen molar-refractivity contribution in [3.8, 4) is 28.2 Å². The predicted octanol–water partition coefficient (Wildman–Crippen LogP) is 3.05. The van der Waals surface area contributed by atoms with Crippen molar-refractivity contribution in [1.82, 2.24) is 40.0 Å². The number of hydrogen-bond acceptors (Lipinski definition) is 9. The standard InChI is InChI=1S/C28H24ClN9O6/c1-44-23(27(40)41)13-36(28(42)43)18-5-2-15(3-6-18)25-31-26(33-32-25)22-9-7-19-10-16(11-24(39)38(19)22)20-12-17(29)4-8-21(20)37-14-30-34-35-37/h2-6,8,10-12,14,22-23H,7,9,13H2,1H3,(H,40,41)(H,42,43)(H,31,32,33)/t22-,23?/m0/s1. The molecule has 44 heavy (non-hydrogen) atoms. The van der Waals surface area contributed by atoms with E-state index >= 15 is 0 Å². The number of ether oxygens (including phenoxy) is 1. The Morgan fingerprint density at radius 3 is 2.59 bits per heavy atom. The molecule has 1 aliphatic heterocycles. The molecule has 1 unspecified atom stereocenters. The Hall–Kier alpha value is -5.41. The Labute approximate surface area is 253 Å². The van der Waals surface area contributed by atoms with Gasteiger partial charge in [-0.1, -0.05) is 11.6 Å². The molecule has 0 radical (unpaired) electrons. The highest BCUT2D eigenvalue weighted by Gasteiger charge is 2.29. The molecular formula is C28H24ClN9O6. The molecule has 5 aromatic rings. The average Bonchev–Trinajstić information content (AvgIpc) is 3.79. The smallest absolute Gasteiger partial charge is 0.411 e. The number of carboxylic acid groups (broad SMARTS) is 2. The van der Waals surface area contributed by atoms with Gasteiger partial charge in [0.05, 0.1) is 18.3 Å². The number of pyridine rings is 1. The van der Waals surface area contributed by atoms with Crippen LogP contribution in [0.1, 0.15) is 24.0 Å². The number of H-pyrrole nitrogens is 1. The number of nitrogens with one attached hydrogen (secondary N) is 1. The zero-order valence-corrected chi connectivity index (χ0v) is 23.8. The number of aromatic nitrogens is 8. The Morgan fingerprint density at radius 2 is 1.91 bits per heavy atom. The van der Waals surface area contributed by atoms with E-state index in [2.05, 4.69) is 30.7 Å². The van der Waals surface area contributed by atoms with Gasteiger partial charge in [0.1, 0.15) is 6.33 Å². The number of aliphatic carboxylic acids is 1. The minimum Gasteiger partial charge on any atom is -0.479 e. The van der Waals surface area contributed by atoms with Gasteiger partial charge in [0.15, 0.2) is 17.8 Å². The van der Waals surface area contributed by atoms with Crippen molar-refractivity contribution < 1.29 is 24.5 Å². The zero-order valence-electron chi connectivity index (χ0n) is 23.0. The first kappa shape index (κ1) is 28.7. The minimum absolute atomic E-state index is 0.213. The summed E-state index contributed by atoms with van der Waals surface area (Å²) in [6, 6.07) is 14.8. The molecule has 1 aliphatic rings. The molecule has 0 spiro atoms. The molecule has 6 rings (SSSR count). The number of carbonyl (C=O) groups is 2. The lowest BCUT2D eigenvalue weighted by Crippen LogP contribution is -2.41. The molecule has 0 bridgehead atoms. The fraction of sp³-hybridized carbons (Fsp3) is 0.214. The van der Waals surface area contributed by atoms with Gasteiger partial charge in [-0.05, 0) is 77.4 Å². The number of aromatic amines is 1. The van der Waals surface area contributed by atoms with Crippen molar-refractivity contribution in [2.75, 3.05) is 18.6 Å². The lowest BCUT2D eigenvalue weighted by molar-refractivity contribution is -0.147. The van der Waals surface area contributed by atoms with E-state index in [1.54, 1.807) is 41.0 Å². The summed E-state index contributed by atoms with van der Waals surface area (Å²) in [7, 11) is 1.20. The molecule has 4 heterocycles. The van der Waals surface area contributed by atoms with Crippen LogP contribution in [0.2, 0.25) is 5.02 Å². The highest BCUT2D eigenvalue weighted by atomic mass is 35.5. The summed E-state index contributed by atoms with van der Waals surface area (Å²) >= 11 is 6.30. The summed E-state index contributed by atoms with van der Waals surface area (Å²) < 4.78 is 8.08. The number of anilines is 1. The number of fused-ring (bicyclic) bond motifs is 1. The fourth-order valence-electron chi connectivity index (χ4n) is 5.29. The summed E-state index contributed by atoms with van der Waals surface area (Å²) in [5.74, 6) is -0.338. The maximum atomic E-state index is 13.5. The van der Waals surface area contributed by atoms with Gasteiger partial charge in [-0.3, -0.25) is 9.69 Å². The highest BCUT2D eigenvalue weighted by molar-refractivity contribution is 6.31. The van der Waals surface area contributed by atoms with E-state index in [-0.39, 0.29) is 23.8 Å². The van der Waals surface area contributed by atoms with Crippen LogP contribution in [0.25, 0.3) is 28.2 Å². The van der Waals surface area contributed by atoms with E-state index in [0.29, 0.717) is 51.9 Å². The van der Waals surface area contributed by atoms with Crippen LogP contribution in [0.15, 0.2) is 65.7 Å². The molecule has 224 valence electrons. The van der Waals surface area contributed by atoms with E-state index in [9.17, 15) is 24.6 Å². The maximum Gasteiger partial charge on any atom is 0.411 e. The molecule has 3 aromatic heterocycles. The van der Waals surface area contributed by atoms with Crippen LogP contribution in [-0.4, -0.2) is 82.0 Å². The van der Waals surface area contributed by atoms with Crippen LogP contribution in [0.3, 0.4) is 0 Å². The minimum atomic E-state index is -1.32. The van der Waals surface area contributed by atoms with Crippen LogP contribution in [0.4, 0.5) is 10.5 Å². The van der Waals surface area contributed by atoms with Crippen molar-refractivity contribution in [3.05, 3.63) is 87.8 Å². The number of nitrogens with zero attached hydrogens (tertiary/aromatic N) is 8. The van der Waals surface area contributed by atoms with Gasteiger partial charge in [-0.15, -0.1) is 15.3 Å². The number of carboxylic acids is 1. The van der Waals surface area contributed by atoms with Crippen molar-refractivity contribution >= 4 is 29.4 Å². The quantitative estimate of drug-likeness (QED) is 0.220. The second-order valence-corrected chi connectivity index (χ2v) is 10.4. The number of aryl methyl sites for hydroxylation is 1. The Bertz CT molecular complexity index is 1910. The van der Waals surface area contributed by atoms with Crippen molar-refractivity contribution in [2.24, 2.45) is 0 Å². The lowest BCUT2D eigenvalue weighted by atomic mass is 10.0. The van der Waals surface area contributed by atoms with Crippen LogP contribution >= 0.6 is 11.6 Å². The van der Waals surface area contributed by atoms with Gasteiger partial charge < -0.3 is 24.5 Å². The number of methoxy groups -OCH3 is 1. The molecule has 2 atom stereocenters. The Balaban J connectivity index is 1.26. The fourth-order valence-corrected chi connectivity index (χ4v) is 5.46. The number of rotatable bonds is 9. The van der Waals surface area contributed by atoms with Gasteiger partial charge >= 0.3 is 12.1 Å². The summed E-state index contributed by atoms with van der Waals surface area (Å²) in [5.41, 5.74) is 3.57. The third-order valence-corrected chi connectivity index (χ3v) is 7.65.